The number of aliphatic hydroxyl groups excluding tert-OH is 2. The first-order valence-electron chi connectivity index (χ1n) is 20.8. The number of aldehydes is 1. The number of fused-ring (bicyclic) bond motifs is 3. The Morgan fingerprint density at radius 2 is 1.29 bits per heavy atom. The van der Waals surface area contributed by atoms with Crippen molar-refractivity contribution in [3.8, 4) is 22.6 Å². The van der Waals surface area contributed by atoms with Gasteiger partial charge in [-0.05, 0) is 91.3 Å². The first-order valence-corrected chi connectivity index (χ1v) is 20.8. The van der Waals surface area contributed by atoms with E-state index in [-0.39, 0.29) is 39.3 Å². The van der Waals surface area contributed by atoms with Gasteiger partial charge in [0, 0.05) is 12.2 Å². The molecule has 0 heterocycles. The molecule has 0 aromatic heterocycles. The molecule has 0 spiro atoms. The molecule has 5 atom stereocenters. The minimum absolute atomic E-state index is 0.0153. The maximum atomic E-state index is 13.5. The van der Waals surface area contributed by atoms with Crippen molar-refractivity contribution in [2.75, 3.05) is 33.0 Å². The average molecular weight is 859 g/mol. The zero-order valence-electron chi connectivity index (χ0n) is 35.8. The summed E-state index contributed by atoms with van der Waals surface area (Å²) < 4.78 is 34.6. The molecule has 63 heavy (non-hydrogen) atoms. The third kappa shape index (κ3) is 9.99. The molecule has 0 fully saturated rings. The van der Waals surface area contributed by atoms with Gasteiger partial charge in [-0.1, -0.05) is 98.1 Å². The largest absolute Gasteiger partial charge is 0.493 e. The molecule has 2 N–H and O–H groups in total. The van der Waals surface area contributed by atoms with Gasteiger partial charge in [-0.3, -0.25) is 4.79 Å². The van der Waals surface area contributed by atoms with Crippen molar-refractivity contribution in [3.63, 3.8) is 0 Å². The van der Waals surface area contributed by atoms with Gasteiger partial charge in [0.1, 0.15) is 37.6 Å². The van der Waals surface area contributed by atoms with Gasteiger partial charge in [0.2, 0.25) is 0 Å². The van der Waals surface area contributed by atoms with E-state index >= 15 is 0 Å². The van der Waals surface area contributed by atoms with Crippen molar-refractivity contribution < 1.29 is 57.8 Å². The Morgan fingerprint density at radius 3 is 1.79 bits per heavy atom. The highest BCUT2D eigenvalue weighted by molar-refractivity contribution is 5.86. The molecule has 0 amide bonds. The van der Waals surface area contributed by atoms with Gasteiger partial charge in [-0.15, -0.1) is 0 Å². The summed E-state index contributed by atoms with van der Waals surface area (Å²) in [5, 5.41) is 20.1. The van der Waals surface area contributed by atoms with Crippen LogP contribution < -0.4 is 9.47 Å². The van der Waals surface area contributed by atoms with Gasteiger partial charge in [-0.25, -0.2) is 9.59 Å². The van der Waals surface area contributed by atoms with Crippen LogP contribution in [-0.4, -0.2) is 85.4 Å². The Labute approximate surface area is 367 Å². The number of ether oxygens (including phenoxy) is 6. The van der Waals surface area contributed by atoms with Crippen LogP contribution >= 0.6 is 0 Å². The Hall–Kier alpha value is -6.34. The molecule has 2 aliphatic rings. The molecule has 12 heteroatoms. The van der Waals surface area contributed by atoms with Crippen LogP contribution in [0.1, 0.15) is 55.9 Å². The van der Waals surface area contributed by atoms with Crippen molar-refractivity contribution in [3.05, 3.63) is 157 Å². The lowest BCUT2D eigenvalue weighted by atomic mass is 9.68. The van der Waals surface area contributed by atoms with E-state index in [2.05, 4.69) is 37.4 Å². The quantitative estimate of drug-likeness (QED) is 0.0193. The van der Waals surface area contributed by atoms with Gasteiger partial charge in [0.15, 0.2) is 12.4 Å². The minimum Gasteiger partial charge on any atom is -0.493 e. The van der Waals surface area contributed by atoms with Gasteiger partial charge in [-0.2, -0.15) is 0 Å². The minimum atomic E-state index is -1.32. The van der Waals surface area contributed by atoms with Crippen LogP contribution in [0.15, 0.2) is 135 Å². The summed E-state index contributed by atoms with van der Waals surface area (Å²) in [4.78, 5) is 49.5. The molecular formula is C51H54O12. The third-order valence-corrected chi connectivity index (χ3v) is 11.9. The van der Waals surface area contributed by atoms with Crippen LogP contribution in [0.25, 0.3) is 11.1 Å². The second-order valence-corrected chi connectivity index (χ2v) is 16.2. The van der Waals surface area contributed by atoms with Gasteiger partial charge in [0.25, 0.3) is 0 Å². The van der Waals surface area contributed by atoms with E-state index in [1.807, 2.05) is 72.8 Å². The number of allylic oxidation sites excluding steroid dienone is 2. The predicted molar refractivity (Wildman–Crippen MR) is 235 cm³/mol. The molecule has 5 unspecified atom stereocenters. The number of hydrogen-bond donors (Lipinski definition) is 2. The smallest absolute Gasteiger partial charge is 0.330 e. The molecule has 0 radical (unpaired) electrons. The van der Waals surface area contributed by atoms with Gasteiger partial charge >= 0.3 is 17.9 Å². The summed E-state index contributed by atoms with van der Waals surface area (Å²) in [7, 11) is 0. The number of carbonyl (C=O) groups excluding carboxylic acids is 4. The van der Waals surface area contributed by atoms with Crippen molar-refractivity contribution in [2.24, 2.45) is 17.3 Å². The molecule has 0 aliphatic heterocycles. The molecule has 4 aromatic carbocycles. The van der Waals surface area contributed by atoms with E-state index in [1.54, 1.807) is 26.0 Å². The first-order chi connectivity index (χ1) is 30.3. The second kappa shape index (κ2) is 20.2. The molecule has 12 nitrogen and oxygen atoms in total. The van der Waals surface area contributed by atoms with Gasteiger partial charge < -0.3 is 43.4 Å². The molecule has 330 valence electrons. The Bertz CT molecular complexity index is 2250. The number of hydrogen-bond acceptors (Lipinski definition) is 12. The maximum Gasteiger partial charge on any atom is 0.330 e. The van der Waals surface area contributed by atoms with E-state index < -0.39 is 65.2 Å². The van der Waals surface area contributed by atoms with Crippen molar-refractivity contribution in [1.82, 2.24) is 0 Å². The van der Waals surface area contributed by atoms with Crippen molar-refractivity contribution in [2.45, 2.75) is 57.0 Å². The predicted octanol–water partition coefficient (Wildman–Crippen LogP) is 7.07. The molecule has 6 rings (SSSR count). The highest BCUT2D eigenvalue weighted by Crippen LogP contribution is 2.56. The van der Waals surface area contributed by atoms with Gasteiger partial charge in [0.05, 0.1) is 41.5 Å². The first kappa shape index (κ1) is 46.2. The number of benzene rings is 4. The summed E-state index contributed by atoms with van der Waals surface area (Å²) in [5.41, 5.74) is 3.29. The van der Waals surface area contributed by atoms with E-state index in [0.29, 0.717) is 17.8 Å². The van der Waals surface area contributed by atoms with Crippen molar-refractivity contribution >= 4 is 24.2 Å². The molecule has 0 saturated heterocycles. The lowest BCUT2D eigenvalue weighted by molar-refractivity contribution is -0.193. The molecular weight excluding hydrogens is 805 g/mol. The zero-order valence-corrected chi connectivity index (χ0v) is 35.8. The number of rotatable bonds is 21. The van der Waals surface area contributed by atoms with E-state index in [4.69, 9.17) is 28.4 Å². The highest BCUT2D eigenvalue weighted by atomic mass is 16.6. The summed E-state index contributed by atoms with van der Waals surface area (Å²) in [5.74, 6) is -2.32. The summed E-state index contributed by atoms with van der Waals surface area (Å²) in [6, 6.07) is 32.1. The standard InChI is InChI=1S/C51H54O12/c1-6-46(55)60-29-37(49(4,5)63-34(3)54)28-58-38-23-19-35(20-24-38)51(43-16-10-8-14-41(43)42-15-9-11-17-44(42)51)36-21-25-39(26-22-36)59-30-40(31-61-47(56)7-2)62-48(57)45-18-12-13-27-50(45,32-52)33-53/h6-17,19-26,32,34,37,40,45,53-54H,1-2,18,27-31,33H2,3-5H3. The highest BCUT2D eigenvalue weighted by Gasteiger charge is 2.47. The van der Waals surface area contributed by atoms with E-state index in [9.17, 15) is 29.4 Å². The maximum absolute atomic E-state index is 13.5. The Kier molecular flexibility index (Phi) is 14.8. The fraction of sp³-hybridized carbons (Fsp3) is 0.333. The van der Waals surface area contributed by atoms with Crippen LogP contribution in [0, 0.1) is 17.3 Å². The second-order valence-electron chi connectivity index (χ2n) is 16.2. The summed E-state index contributed by atoms with van der Waals surface area (Å²) >= 11 is 0. The summed E-state index contributed by atoms with van der Waals surface area (Å²) in [6.07, 6.45) is 4.53. The number of carbonyl (C=O) groups is 4. The normalized spacial score (nSPS) is 18.7. The van der Waals surface area contributed by atoms with Crippen LogP contribution in [0.4, 0.5) is 0 Å². The van der Waals surface area contributed by atoms with Crippen molar-refractivity contribution in [1.29, 1.82) is 0 Å². The average Bonchev–Trinajstić information content (AvgIpc) is 3.60. The SMILES string of the molecule is C=CC(=O)OCC(COc1ccc(C2(c3ccc(OCC(COC(=O)C=C)C(C)(C)OC(C)O)cc3)c3ccccc3-c3ccccc32)cc1)OC(=O)C1CC=CCC1(C=O)CO. The lowest BCUT2D eigenvalue weighted by Crippen LogP contribution is -2.44. The molecule has 4 aromatic rings. The molecule has 0 bridgehead atoms. The number of esters is 3. The fourth-order valence-corrected chi connectivity index (χ4v) is 8.42. The Morgan fingerprint density at radius 1 is 0.762 bits per heavy atom. The third-order valence-electron chi connectivity index (χ3n) is 11.9. The zero-order chi connectivity index (χ0) is 45.2. The molecule has 0 saturated carbocycles. The van der Waals surface area contributed by atoms with Crippen LogP contribution in [-0.2, 0) is 43.5 Å². The number of aliphatic hydroxyl groups is 2. The Balaban J connectivity index is 1.28. The lowest BCUT2D eigenvalue weighted by Gasteiger charge is -2.35. The van der Waals surface area contributed by atoms with E-state index in [1.165, 1.54) is 6.92 Å². The van der Waals surface area contributed by atoms with Crippen LogP contribution in [0.2, 0.25) is 0 Å². The molecule has 2 aliphatic carbocycles. The van der Waals surface area contributed by atoms with Crippen LogP contribution in [0.3, 0.4) is 0 Å². The topological polar surface area (TPSA) is 164 Å². The monoisotopic (exact) mass is 858 g/mol. The summed E-state index contributed by atoms with van der Waals surface area (Å²) in [6.45, 7) is 11.1. The van der Waals surface area contributed by atoms with E-state index in [0.717, 1.165) is 45.5 Å². The fourth-order valence-electron chi connectivity index (χ4n) is 8.42. The van der Waals surface area contributed by atoms with Crippen LogP contribution in [0.5, 0.6) is 11.5 Å².